The first-order valence-electron chi connectivity index (χ1n) is 9.48. The summed E-state index contributed by atoms with van der Waals surface area (Å²) in [6.07, 6.45) is -30.4. The Morgan fingerprint density at radius 2 is 0.867 bits per heavy atom. The Labute approximate surface area is 230 Å². The molecule has 0 bridgehead atoms. The fourth-order valence-corrected chi connectivity index (χ4v) is 1.86. The molecule has 262 valence electrons. The molecule has 0 N–H and O–H groups in total. The van der Waals surface area contributed by atoms with Crippen LogP contribution in [-0.4, -0.2) is 49.3 Å². The third-order valence-electron chi connectivity index (χ3n) is 3.41. The van der Waals surface area contributed by atoms with E-state index in [0.29, 0.717) is 0 Å². The lowest BCUT2D eigenvalue weighted by molar-refractivity contribution is -0.438. The zero-order valence-electron chi connectivity index (χ0n) is 19.5. The fraction of sp³-hybridized carbons (Fsp3) is 0.500. The first-order chi connectivity index (χ1) is 19.8. The lowest BCUT2D eigenvalue weighted by Gasteiger charge is -2.30. The van der Waals surface area contributed by atoms with Crippen LogP contribution >= 0.6 is 0 Å². The molecule has 0 saturated heterocycles. The monoisotopic (exact) mass is 720 g/mol. The van der Waals surface area contributed by atoms with Gasteiger partial charge in [-0.05, 0) is 0 Å². The number of ether oxygens (including phenoxy) is 9. The molecular formula is C16H4F20O9. The minimum Gasteiger partial charge on any atom is -0.439 e. The smallest absolute Gasteiger partial charge is 0.439 e. The van der Waals surface area contributed by atoms with Gasteiger partial charge in [0.15, 0.2) is 25.0 Å². The van der Waals surface area contributed by atoms with Crippen LogP contribution < -0.4 is 0 Å². The quantitative estimate of drug-likeness (QED) is 0.252. The zero-order chi connectivity index (χ0) is 35.5. The first-order valence-corrected chi connectivity index (χ1v) is 9.48. The van der Waals surface area contributed by atoms with Crippen LogP contribution in [0, 0.1) is 0 Å². The van der Waals surface area contributed by atoms with E-state index in [-0.39, 0.29) is 25.0 Å². The zero-order valence-corrected chi connectivity index (χ0v) is 19.5. The second-order valence-corrected chi connectivity index (χ2v) is 6.70. The molecule has 4 heterocycles. The van der Waals surface area contributed by atoms with Crippen LogP contribution in [0.15, 0.2) is 49.0 Å². The summed E-state index contributed by atoms with van der Waals surface area (Å²) in [5, 5.41) is 0. The van der Waals surface area contributed by atoms with Gasteiger partial charge in [0.2, 0.25) is 0 Å². The van der Waals surface area contributed by atoms with E-state index in [2.05, 4.69) is 42.6 Å². The molecule has 0 amide bonds. The van der Waals surface area contributed by atoms with Crippen LogP contribution in [-0.2, 0) is 42.6 Å². The highest BCUT2D eigenvalue weighted by molar-refractivity contribution is 4.98. The number of hydrogen-bond acceptors (Lipinski definition) is 9. The molecule has 0 aromatic carbocycles. The molecule has 1 atom stereocenters. The van der Waals surface area contributed by atoms with Crippen molar-refractivity contribution in [3.8, 4) is 0 Å². The van der Waals surface area contributed by atoms with E-state index < -0.39 is 73.3 Å². The Morgan fingerprint density at radius 1 is 0.467 bits per heavy atom. The molecule has 0 fully saturated rings. The highest BCUT2D eigenvalue weighted by Crippen LogP contribution is 2.50. The largest absolute Gasteiger partial charge is 0.588 e. The van der Waals surface area contributed by atoms with Crippen molar-refractivity contribution < 1.29 is 130 Å². The molecule has 0 aliphatic carbocycles. The van der Waals surface area contributed by atoms with Crippen LogP contribution in [0.2, 0.25) is 0 Å². The fourth-order valence-electron chi connectivity index (χ4n) is 1.86. The molecule has 0 saturated carbocycles. The molecule has 45 heavy (non-hydrogen) atoms. The molecule has 9 nitrogen and oxygen atoms in total. The summed E-state index contributed by atoms with van der Waals surface area (Å²) >= 11 is 0. The summed E-state index contributed by atoms with van der Waals surface area (Å²) in [5.74, 6) is -6.35. The average molecular weight is 720 g/mol. The summed E-state index contributed by atoms with van der Waals surface area (Å²) < 4.78 is 263. The minimum atomic E-state index is -5.92. The van der Waals surface area contributed by atoms with Crippen LogP contribution in [0.5, 0.6) is 0 Å². The molecule has 4 aliphatic rings. The first kappa shape index (κ1) is 38.8. The lowest BCUT2D eigenvalue weighted by atomic mass is 10.2. The van der Waals surface area contributed by atoms with Gasteiger partial charge in [-0.3, -0.25) is 0 Å². The SMILES string of the molecule is FC(F)(F)OC1=COC(F)(F)O1.FC1=COC(C(F)(F)F)(C(F)(F)F)O1.FC1=COC(F)(C(F)(F)F)O1.FC1=COC(F)(F)O1. The van der Waals surface area contributed by atoms with E-state index in [1.54, 1.807) is 0 Å². The minimum absolute atomic E-state index is 0.0352. The molecule has 4 aliphatic heterocycles. The van der Waals surface area contributed by atoms with Crippen molar-refractivity contribution in [1.82, 2.24) is 0 Å². The Morgan fingerprint density at radius 3 is 1.07 bits per heavy atom. The van der Waals surface area contributed by atoms with Gasteiger partial charge in [0, 0.05) is 0 Å². The summed E-state index contributed by atoms with van der Waals surface area (Å²) in [6.45, 7) is 0. The average Bonchev–Trinajstić information content (AvgIpc) is 3.54. The van der Waals surface area contributed by atoms with Crippen molar-refractivity contribution in [3.63, 3.8) is 0 Å². The second kappa shape index (κ2) is 12.6. The van der Waals surface area contributed by atoms with Gasteiger partial charge >= 0.3 is 73.3 Å². The Bertz CT molecular complexity index is 1130. The lowest BCUT2D eigenvalue weighted by Crippen LogP contribution is -2.57. The Hall–Kier alpha value is -4.24. The predicted octanol–water partition coefficient (Wildman–Crippen LogP) is 7.88. The summed E-state index contributed by atoms with van der Waals surface area (Å²) in [4.78, 5) is 0. The van der Waals surface area contributed by atoms with E-state index in [1.807, 2.05) is 0 Å². The van der Waals surface area contributed by atoms with Gasteiger partial charge in [0.25, 0.3) is 0 Å². The van der Waals surface area contributed by atoms with E-state index in [0.717, 1.165) is 0 Å². The van der Waals surface area contributed by atoms with Gasteiger partial charge < -0.3 is 42.6 Å². The molecular weight excluding hydrogens is 716 g/mol. The van der Waals surface area contributed by atoms with E-state index in [4.69, 9.17) is 0 Å². The highest BCUT2D eigenvalue weighted by atomic mass is 19.4. The number of rotatable bonds is 1. The van der Waals surface area contributed by atoms with Gasteiger partial charge in [-0.25, -0.2) is 0 Å². The topological polar surface area (TPSA) is 83.1 Å². The van der Waals surface area contributed by atoms with Gasteiger partial charge in [-0.2, -0.15) is 52.7 Å². The highest BCUT2D eigenvalue weighted by Gasteiger charge is 2.79. The third-order valence-corrected chi connectivity index (χ3v) is 3.41. The molecule has 4 rings (SSSR count). The Balaban J connectivity index is 0.000000305. The normalized spacial score (nSPS) is 23.9. The third kappa shape index (κ3) is 11.0. The van der Waals surface area contributed by atoms with E-state index in [9.17, 15) is 87.8 Å². The van der Waals surface area contributed by atoms with Crippen molar-refractivity contribution in [3.05, 3.63) is 49.0 Å². The van der Waals surface area contributed by atoms with E-state index >= 15 is 0 Å². The molecule has 1 unspecified atom stereocenters. The maximum Gasteiger partial charge on any atom is 0.588 e. The van der Waals surface area contributed by atoms with Crippen molar-refractivity contribution in [2.24, 2.45) is 0 Å². The molecule has 0 radical (unpaired) electrons. The van der Waals surface area contributed by atoms with Crippen LogP contribution in [0.1, 0.15) is 0 Å². The molecule has 29 heteroatoms. The number of halogens is 20. The van der Waals surface area contributed by atoms with Crippen molar-refractivity contribution in [2.45, 2.75) is 49.3 Å². The standard InChI is InChI=1S/C5HF7O2.C4HF5O3.C4HF5O2.C3HF3O2/c6-2-1-13-3(14-2,4(7,8)9)5(10,11)12;5-3(6,7)11-2-1-10-4(8,9)12-2;5-2-1-10-4(9,11-2)3(6,7)8;4-2-1-7-3(5,6)8-2/h1H;1H;1H;1H. The molecule has 0 spiro atoms. The van der Waals surface area contributed by atoms with Gasteiger partial charge in [-0.1, -0.05) is 0 Å². The summed E-state index contributed by atoms with van der Waals surface area (Å²) in [5.41, 5.74) is 0. The maximum absolute atomic E-state index is 12.2. The molecule has 0 aromatic rings. The second-order valence-electron chi connectivity index (χ2n) is 6.70. The van der Waals surface area contributed by atoms with Gasteiger partial charge in [0.05, 0.1) is 0 Å². The van der Waals surface area contributed by atoms with Gasteiger partial charge in [-0.15, -0.1) is 35.1 Å². The van der Waals surface area contributed by atoms with Crippen LogP contribution in [0.25, 0.3) is 0 Å². The van der Waals surface area contributed by atoms with Crippen molar-refractivity contribution in [2.75, 3.05) is 0 Å². The van der Waals surface area contributed by atoms with Gasteiger partial charge in [0.1, 0.15) is 0 Å². The predicted molar refractivity (Wildman–Crippen MR) is 86.1 cm³/mol. The number of hydrogen-bond donors (Lipinski definition) is 0. The number of alkyl halides is 17. The van der Waals surface area contributed by atoms with E-state index in [1.165, 1.54) is 0 Å². The van der Waals surface area contributed by atoms with Crippen molar-refractivity contribution >= 4 is 0 Å². The van der Waals surface area contributed by atoms with Crippen LogP contribution in [0.3, 0.4) is 0 Å². The Kier molecular flexibility index (Phi) is 10.9. The summed E-state index contributed by atoms with van der Waals surface area (Å²) in [6, 6.07) is -9.60. The summed E-state index contributed by atoms with van der Waals surface area (Å²) in [7, 11) is 0. The van der Waals surface area contributed by atoms with Crippen molar-refractivity contribution in [1.29, 1.82) is 0 Å². The van der Waals surface area contributed by atoms with Crippen LogP contribution in [0.4, 0.5) is 87.8 Å². The maximum atomic E-state index is 12.2. The molecule has 0 aromatic heterocycles.